The van der Waals surface area contributed by atoms with Crippen LogP contribution in [0.5, 0.6) is 0 Å². The Morgan fingerprint density at radius 2 is 1.84 bits per heavy atom. The molecule has 6 nitrogen and oxygen atoms in total. The summed E-state index contributed by atoms with van der Waals surface area (Å²) in [6.45, 7) is 0.0460. The second kappa shape index (κ2) is 7.85. The first-order valence-corrected chi connectivity index (χ1v) is 10.0. The number of alkyl halides is 2. The van der Waals surface area contributed by atoms with E-state index in [-0.39, 0.29) is 37.7 Å². The Hall–Kier alpha value is -3.13. The molecule has 4 rings (SSSR count). The Balaban J connectivity index is 1.61. The first-order chi connectivity index (χ1) is 14.7. The number of carbonyl (C=O) groups excluding carboxylic acids is 1. The van der Waals surface area contributed by atoms with Crippen molar-refractivity contribution in [1.82, 2.24) is 4.90 Å². The zero-order chi connectivity index (χ0) is 22.3. The van der Waals surface area contributed by atoms with E-state index in [0.717, 1.165) is 10.3 Å². The predicted octanol–water partition coefficient (Wildman–Crippen LogP) is 5.74. The van der Waals surface area contributed by atoms with Crippen LogP contribution in [0.4, 0.5) is 19.5 Å². The maximum atomic E-state index is 13.4. The molecule has 1 fully saturated rings. The van der Waals surface area contributed by atoms with Crippen LogP contribution in [0.1, 0.15) is 23.2 Å². The molecule has 0 radical (unpaired) electrons. The van der Waals surface area contributed by atoms with Crippen molar-refractivity contribution in [2.45, 2.75) is 18.8 Å². The summed E-state index contributed by atoms with van der Waals surface area (Å²) in [5.74, 6) is -2.43. The third-order valence-electron chi connectivity index (χ3n) is 5.46. The van der Waals surface area contributed by atoms with Gasteiger partial charge in [0.05, 0.1) is 5.02 Å². The van der Waals surface area contributed by atoms with Gasteiger partial charge in [0.1, 0.15) is 5.76 Å². The van der Waals surface area contributed by atoms with E-state index in [1.54, 1.807) is 36.4 Å². The third-order valence-corrected chi connectivity index (χ3v) is 5.87. The first-order valence-electron chi connectivity index (χ1n) is 9.62. The molecule has 3 aromatic rings. The number of carboxylic acid groups (broad SMARTS) is 1. The molecule has 0 bridgehead atoms. The summed E-state index contributed by atoms with van der Waals surface area (Å²) >= 11 is 6.57. The van der Waals surface area contributed by atoms with Crippen LogP contribution >= 0.6 is 11.6 Å². The van der Waals surface area contributed by atoms with Crippen LogP contribution in [-0.4, -0.2) is 48.1 Å². The highest BCUT2D eigenvalue weighted by Crippen LogP contribution is 2.37. The van der Waals surface area contributed by atoms with E-state index in [0.29, 0.717) is 27.3 Å². The molecule has 31 heavy (non-hydrogen) atoms. The lowest BCUT2D eigenvalue weighted by atomic mass is 10.0. The number of hydrogen-bond acceptors (Lipinski definition) is 3. The topological polar surface area (TPSA) is 74.0 Å². The Bertz CT molecular complexity index is 1170. The minimum absolute atomic E-state index is 0.0230. The molecule has 1 aromatic heterocycles. The normalized spacial score (nSPS) is 15.8. The highest BCUT2D eigenvalue weighted by Gasteiger charge is 2.35. The Labute approximate surface area is 181 Å². The number of nitrogens with zero attached hydrogens (tertiary/aromatic N) is 2. The molecule has 0 aliphatic carbocycles. The number of carbonyl (C=O) groups is 2. The van der Waals surface area contributed by atoms with Crippen molar-refractivity contribution in [2.24, 2.45) is 0 Å². The molecule has 162 valence electrons. The Morgan fingerprint density at radius 3 is 2.52 bits per heavy atom. The van der Waals surface area contributed by atoms with Crippen molar-refractivity contribution in [3.8, 4) is 11.3 Å². The number of benzene rings is 2. The van der Waals surface area contributed by atoms with Gasteiger partial charge in [0.15, 0.2) is 0 Å². The van der Waals surface area contributed by atoms with Crippen LogP contribution < -0.4 is 4.90 Å². The quantitative estimate of drug-likeness (QED) is 0.554. The molecule has 0 unspecified atom stereocenters. The molecule has 1 aliphatic heterocycles. The summed E-state index contributed by atoms with van der Waals surface area (Å²) in [7, 11) is 1.37. The summed E-state index contributed by atoms with van der Waals surface area (Å²) in [4.78, 5) is 26.2. The largest absolute Gasteiger partial charge is 0.465 e. The molecule has 0 atom stereocenters. The average molecular weight is 449 g/mol. The Kier molecular flexibility index (Phi) is 5.35. The van der Waals surface area contributed by atoms with Gasteiger partial charge in [0, 0.05) is 55.6 Å². The fraction of sp³-hybridized carbons (Fsp3) is 0.273. The van der Waals surface area contributed by atoms with Gasteiger partial charge in [-0.25, -0.2) is 13.6 Å². The molecule has 2 aromatic carbocycles. The van der Waals surface area contributed by atoms with Crippen LogP contribution in [0.3, 0.4) is 0 Å². The molecule has 1 N–H and O–H groups in total. The minimum atomic E-state index is -2.71. The molecular weight excluding hydrogens is 430 g/mol. The van der Waals surface area contributed by atoms with Gasteiger partial charge in [-0.2, -0.15) is 0 Å². The summed E-state index contributed by atoms with van der Waals surface area (Å²) < 4.78 is 32.4. The summed E-state index contributed by atoms with van der Waals surface area (Å²) in [5, 5.41) is 10.9. The zero-order valence-electron chi connectivity index (χ0n) is 16.6. The number of hydrogen-bond donors (Lipinski definition) is 1. The summed E-state index contributed by atoms with van der Waals surface area (Å²) in [6, 6.07) is 11.7. The monoisotopic (exact) mass is 448 g/mol. The fourth-order valence-electron chi connectivity index (χ4n) is 3.58. The van der Waals surface area contributed by atoms with Crippen molar-refractivity contribution < 1.29 is 27.9 Å². The molecule has 2 heterocycles. The van der Waals surface area contributed by atoms with Gasteiger partial charge in [-0.15, -0.1) is 0 Å². The van der Waals surface area contributed by atoms with Crippen molar-refractivity contribution in [1.29, 1.82) is 0 Å². The van der Waals surface area contributed by atoms with Crippen LogP contribution in [0, 0.1) is 0 Å². The minimum Gasteiger partial charge on any atom is -0.465 e. The van der Waals surface area contributed by atoms with Gasteiger partial charge in [-0.05, 0) is 29.7 Å². The van der Waals surface area contributed by atoms with Gasteiger partial charge in [-0.1, -0.05) is 23.7 Å². The van der Waals surface area contributed by atoms with Crippen LogP contribution in [0.15, 0.2) is 46.9 Å². The van der Waals surface area contributed by atoms with Crippen molar-refractivity contribution in [3.63, 3.8) is 0 Å². The lowest BCUT2D eigenvalue weighted by Gasteiger charge is -2.31. The summed E-state index contributed by atoms with van der Waals surface area (Å²) in [6.07, 6.45) is -1.81. The molecule has 0 saturated carbocycles. The molecule has 1 aliphatic rings. The van der Waals surface area contributed by atoms with E-state index in [4.69, 9.17) is 21.1 Å². The first kappa shape index (κ1) is 21.1. The molecule has 9 heteroatoms. The van der Waals surface area contributed by atoms with E-state index in [1.165, 1.54) is 18.0 Å². The maximum absolute atomic E-state index is 13.4. The highest BCUT2D eigenvalue weighted by molar-refractivity contribution is 6.38. The fourth-order valence-corrected chi connectivity index (χ4v) is 3.91. The standard InChI is InChI=1S/C22H19ClF2N2O4/c1-26(21(29)30)18-7-6-17(31-18)16-5-2-13-12-14(3-4-15(13)19(16)23)20(28)27-10-8-22(24,25)9-11-27/h2-7,12H,8-11H2,1H3,(H,29,30). The van der Waals surface area contributed by atoms with E-state index in [9.17, 15) is 18.4 Å². The smallest absolute Gasteiger partial charge is 0.413 e. The van der Waals surface area contributed by atoms with Crippen LogP contribution in [0.25, 0.3) is 22.1 Å². The molecule has 2 amide bonds. The van der Waals surface area contributed by atoms with Crippen molar-refractivity contribution in [3.05, 3.63) is 53.1 Å². The van der Waals surface area contributed by atoms with Crippen LogP contribution in [0.2, 0.25) is 5.02 Å². The van der Waals surface area contributed by atoms with Gasteiger partial charge in [0.25, 0.3) is 11.8 Å². The number of likely N-dealkylation sites (tertiary alicyclic amines) is 1. The predicted molar refractivity (Wildman–Crippen MR) is 113 cm³/mol. The van der Waals surface area contributed by atoms with E-state index >= 15 is 0 Å². The number of rotatable bonds is 3. The molecule has 1 saturated heterocycles. The van der Waals surface area contributed by atoms with Crippen molar-refractivity contribution >= 4 is 40.3 Å². The van der Waals surface area contributed by atoms with E-state index in [2.05, 4.69) is 0 Å². The van der Waals surface area contributed by atoms with E-state index in [1.807, 2.05) is 0 Å². The second-order valence-electron chi connectivity index (χ2n) is 7.49. The van der Waals surface area contributed by atoms with Gasteiger partial charge in [-0.3, -0.25) is 9.69 Å². The van der Waals surface area contributed by atoms with Gasteiger partial charge in [0.2, 0.25) is 5.88 Å². The van der Waals surface area contributed by atoms with Gasteiger partial charge < -0.3 is 14.4 Å². The highest BCUT2D eigenvalue weighted by atomic mass is 35.5. The SMILES string of the molecule is CN(C(=O)O)c1ccc(-c2ccc3cc(C(=O)N4CCC(F)(F)CC4)ccc3c2Cl)o1. The molecule has 0 spiro atoms. The number of amides is 2. The summed E-state index contributed by atoms with van der Waals surface area (Å²) in [5.41, 5.74) is 0.987. The van der Waals surface area contributed by atoms with E-state index < -0.39 is 12.0 Å². The lowest BCUT2D eigenvalue weighted by molar-refractivity contribution is -0.0494. The number of fused-ring (bicyclic) bond motifs is 1. The van der Waals surface area contributed by atoms with Crippen molar-refractivity contribution in [2.75, 3.05) is 25.0 Å². The maximum Gasteiger partial charge on any atom is 0.413 e. The number of halogens is 3. The van der Waals surface area contributed by atoms with Gasteiger partial charge >= 0.3 is 6.09 Å². The Morgan fingerprint density at radius 1 is 1.13 bits per heavy atom. The second-order valence-corrected chi connectivity index (χ2v) is 7.87. The lowest BCUT2D eigenvalue weighted by Crippen LogP contribution is -2.42. The average Bonchev–Trinajstić information content (AvgIpc) is 3.22. The molecular formula is C22H19ClF2N2O4. The number of anilines is 1. The third kappa shape index (κ3) is 4.07. The van der Waals surface area contributed by atoms with Crippen LogP contribution in [-0.2, 0) is 0 Å². The number of furan rings is 1. The zero-order valence-corrected chi connectivity index (χ0v) is 17.3. The number of piperidine rings is 1.